The number of carbonyl (C=O) groups is 1. The molecule has 1 aromatic rings. The second kappa shape index (κ2) is 5.23. The van der Waals surface area contributed by atoms with Gasteiger partial charge in [-0.1, -0.05) is 6.07 Å². The largest absolute Gasteiger partial charge is 0.349 e. The average Bonchev–Trinajstić information content (AvgIpc) is 2.14. The molecule has 0 bridgehead atoms. The number of amides is 1. The van der Waals surface area contributed by atoms with E-state index in [0.717, 1.165) is 5.56 Å². The van der Waals surface area contributed by atoms with Crippen LogP contribution < -0.4 is 5.32 Å². The predicted molar refractivity (Wildman–Crippen MR) is 65.6 cm³/mol. The first-order chi connectivity index (χ1) is 6.50. The van der Waals surface area contributed by atoms with Crippen molar-refractivity contribution in [3.05, 3.63) is 30.1 Å². The third-order valence-corrected chi connectivity index (χ3v) is 2.51. The zero-order valence-electron chi connectivity index (χ0n) is 7.01. The quantitative estimate of drug-likeness (QED) is 0.794. The Bertz CT molecular complexity index is 310. The van der Waals surface area contributed by atoms with Gasteiger partial charge in [0, 0.05) is 18.9 Å². The number of carbonyl (C=O) groups excluding carboxylic acids is 1. The van der Waals surface area contributed by atoms with Crippen LogP contribution in [-0.4, -0.2) is 13.0 Å². The van der Waals surface area contributed by atoms with Crippen LogP contribution in [0.5, 0.6) is 0 Å². The van der Waals surface area contributed by atoms with E-state index in [-0.39, 0.29) is 5.91 Å². The molecule has 76 valence electrons. The molecule has 0 spiro atoms. The average molecular weight is 387 g/mol. The fraction of sp³-hybridized carbons (Fsp3) is 0.250. The molecule has 3 nitrogen and oxygen atoms in total. The van der Waals surface area contributed by atoms with Crippen LogP contribution in [0.3, 0.4) is 0 Å². The fourth-order valence-corrected chi connectivity index (χ4v) is 1.21. The van der Waals surface area contributed by atoms with Crippen molar-refractivity contribution in [3.63, 3.8) is 0 Å². The molecule has 0 saturated carbocycles. The monoisotopic (exact) mass is 384 g/mol. The molecule has 1 rings (SSSR count). The Kier molecular flexibility index (Phi) is 4.53. The first kappa shape index (κ1) is 12.1. The molecule has 0 unspecified atom stereocenters. The standard InChI is InChI=1S/C8H7Br3N2O/c9-8(10,11)7(14)13-5-6-2-1-3-12-4-6/h1-4H,5H2,(H,13,14). The molecular formula is C8H7Br3N2O. The second-order valence-corrected chi connectivity index (χ2v) is 9.30. The maximum absolute atomic E-state index is 11.4. The summed E-state index contributed by atoms with van der Waals surface area (Å²) in [7, 11) is 0. The smallest absolute Gasteiger partial charge is 0.259 e. The highest BCUT2D eigenvalue weighted by Gasteiger charge is 2.27. The van der Waals surface area contributed by atoms with Crippen molar-refractivity contribution in [3.8, 4) is 0 Å². The van der Waals surface area contributed by atoms with E-state index in [1.807, 2.05) is 12.1 Å². The number of hydrogen-bond acceptors (Lipinski definition) is 2. The van der Waals surface area contributed by atoms with E-state index in [0.29, 0.717) is 6.54 Å². The molecule has 0 aliphatic rings. The molecule has 0 atom stereocenters. The summed E-state index contributed by atoms with van der Waals surface area (Å²) >= 11 is 9.37. The van der Waals surface area contributed by atoms with E-state index < -0.39 is 2.14 Å². The van der Waals surface area contributed by atoms with Gasteiger partial charge in [-0.15, -0.1) is 0 Å². The molecule has 0 radical (unpaired) electrons. The Hall–Kier alpha value is 0.0600. The van der Waals surface area contributed by atoms with Gasteiger partial charge in [-0.3, -0.25) is 9.78 Å². The van der Waals surface area contributed by atoms with Crippen LogP contribution in [0, 0.1) is 0 Å². The molecule has 0 saturated heterocycles. The van der Waals surface area contributed by atoms with Crippen LogP contribution in [0.15, 0.2) is 24.5 Å². The van der Waals surface area contributed by atoms with Crippen LogP contribution in [0.25, 0.3) is 0 Å². The summed E-state index contributed by atoms with van der Waals surface area (Å²) in [6.07, 6.45) is 3.40. The summed E-state index contributed by atoms with van der Waals surface area (Å²) < 4.78 is -0.894. The lowest BCUT2D eigenvalue weighted by molar-refractivity contribution is -0.119. The number of nitrogens with zero attached hydrogens (tertiary/aromatic N) is 1. The van der Waals surface area contributed by atoms with Crippen molar-refractivity contribution < 1.29 is 4.79 Å². The lowest BCUT2D eigenvalue weighted by Crippen LogP contribution is -2.32. The van der Waals surface area contributed by atoms with Gasteiger partial charge in [0.05, 0.1) is 0 Å². The summed E-state index contributed by atoms with van der Waals surface area (Å²) in [4.78, 5) is 15.3. The van der Waals surface area contributed by atoms with Gasteiger partial charge < -0.3 is 5.32 Å². The summed E-state index contributed by atoms with van der Waals surface area (Å²) in [5, 5.41) is 2.72. The van der Waals surface area contributed by atoms with Gasteiger partial charge in [0.25, 0.3) is 5.91 Å². The minimum absolute atomic E-state index is 0.193. The molecule has 14 heavy (non-hydrogen) atoms. The number of nitrogens with one attached hydrogen (secondary N) is 1. The van der Waals surface area contributed by atoms with E-state index in [1.54, 1.807) is 12.4 Å². The second-order valence-electron chi connectivity index (χ2n) is 2.54. The highest BCUT2D eigenvalue weighted by Crippen LogP contribution is 2.33. The van der Waals surface area contributed by atoms with Crippen molar-refractivity contribution in [2.75, 3.05) is 0 Å². The molecule has 1 heterocycles. The lowest BCUT2D eigenvalue weighted by Gasteiger charge is -2.11. The summed E-state index contributed by atoms with van der Waals surface area (Å²) in [6, 6.07) is 3.72. The van der Waals surface area contributed by atoms with Crippen molar-refractivity contribution in [2.45, 2.75) is 8.69 Å². The van der Waals surface area contributed by atoms with Crippen LogP contribution in [-0.2, 0) is 11.3 Å². The zero-order valence-corrected chi connectivity index (χ0v) is 11.8. The van der Waals surface area contributed by atoms with E-state index >= 15 is 0 Å². The number of alkyl halides is 3. The minimum atomic E-state index is -0.894. The highest BCUT2D eigenvalue weighted by molar-refractivity contribution is 9.40. The maximum atomic E-state index is 11.4. The number of aromatic nitrogens is 1. The van der Waals surface area contributed by atoms with Crippen molar-refractivity contribution >= 4 is 53.7 Å². The third-order valence-electron chi connectivity index (χ3n) is 1.43. The Labute approximate surface area is 107 Å². The van der Waals surface area contributed by atoms with Gasteiger partial charge in [0.2, 0.25) is 2.14 Å². The van der Waals surface area contributed by atoms with Crippen molar-refractivity contribution in [1.29, 1.82) is 0 Å². The van der Waals surface area contributed by atoms with Gasteiger partial charge >= 0.3 is 0 Å². The maximum Gasteiger partial charge on any atom is 0.259 e. The minimum Gasteiger partial charge on any atom is -0.349 e. The summed E-state index contributed by atoms with van der Waals surface area (Å²) in [6.45, 7) is 0.456. The normalized spacial score (nSPS) is 11.1. The van der Waals surface area contributed by atoms with E-state index in [1.165, 1.54) is 0 Å². The van der Waals surface area contributed by atoms with Gasteiger partial charge in [-0.25, -0.2) is 0 Å². The Balaban J connectivity index is 2.46. The van der Waals surface area contributed by atoms with Crippen LogP contribution >= 0.6 is 47.8 Å². The molecule has 0 aromatic carbocycles. The Morgan fingerprint density at radius 2 is 2.21 bits per heavy atom. The van der Waals surface area contributed by atoms with Crippen molar-refractivity contribution in [1.82, 2.24) is 10.3 Å². The predicted octanol–water partition coefficient (Wildman–Crippen LogP) is 2.54. The van der Waals surface area contributed by atoms with Crippen molar-refractivity contribution in [2.24, 2.45) is 0 Å². The first-order valence-electron chi connectivity index (χ1n) is 3.74. The third kappa shape index (κ3) is 4.06. The number of rotatable bonds is 2. The first-order valence-corrected chi connectivity index (χ1v) is 6.12. The summed E-state index contributed by atoms with van der Waals surface area (Å²) in [5.74, 6) is -0.193. The van der Waals surface area contributed by atoms with Gasteiger partial charge in [-0.05, 0) is 59.4 Å². The molecular weight excluding hydrogens is 380 g/mol. The number of hydrogen-bond donors (Lipinski definition) is 1. The van der Waals surface area contributed by atoms with E-state index in [2.05, 4.69) is 58.1 Å². The zero-order chi connectivity index (χ0) is 10.6. The topological polar surface area (TPSA) is 42.0 Å². The summed E-state index contributed by atoms with van der Waals surface area (Å²) in [5.41, 5.74) is 0.956. The Morgan fingerprint density at radius 1 is 1.50 bits per heavy atom. The Morgan fingerprint density at radius 3 is 2.71 bits per heavy atom. The molecule has 6 heteroatoms. The molecule has 0 aliphatic heterocycles. The van der Waals surface area contributed by atoms with Crippen LogP contribution in [0.4, 0.5) is 0 Å². The number of halogens is 3. The molecule has 1 aromatic heterocycles. The highest BCUT2D eigenvalue weighted by atomic mass is 80.0. The SMILES string of the molecule is O=C(NCc1cccnc1)C(Br)(Br)Br. The van der Waals surface area contributed by atoms with Gasteiger partial charge in [0.15, 0.2) is 0 Å². The van der Waals surface area contributed by atoms with Crippen LogP contribution in [0.1, 0.15) is 5.56 Å². The fourth-order valence-electron chi connectivity index (χ4n) is 0.785. The number of pyridine rings is 1. The molecule has 0 aliphatic carbocycles. The van der Waals surface area contributed by atoms with Crippen LogP contribution in [0.2, 0.25) is 0 Å². The van der Waals surface area contributed by atoms with Gasteiger partial charge in [-0.2, -0.15) is 0 Å². The lowest BCUT2D eigenvalue weighted by atomic mass is 10.3. The molecule has 1 amide bonds. The van der Waals surface area contributed by atoms with E-state index in [4.69, 9.17) is 0 Å². The van der Waals surface area contributed by atoms with E-state index in [9.17, 15) is 4.79 Å². The molecule has 0 fully saturated rings. The van der Waals surface area contributed by atoms with Gasteiger partial charge in [0.1, 0.15) is 0 Å². The molecule has 1 N–H and O–H groups in total.